The zero-order valence-corrected chi connectivity index (χ0v) is 18.8. The van der Waals surface area contributed by atoms with Gasteiger partial charge in [-0.15, -0.1) is 0 Å². The number of hydrogen-bond acceptors (Lipinski definition) is 6. The highest BCUT2D eigenvalue weighted by atomic mass is 16.6. The molecule has 4 rings (SSSR count). The van der Waals surface area contributed by atoms with Crippen molar-refractivity contribution in [2.45, 2.75) is 26.7 Å². The minimum atomic E-state index is -0.455. The molecule has 0 aromatic heterocycles. The Morgan fingerprint density at radius 2 is 1.72 bits per heavy atom. The SMILES string of the molecule is CCN1CCN(c2ccc(NC(=O)c3cc([N+](=O)[O-])ccc3N3CCCC3)c(C)c2)CC1. The summed E-state index contributed by atoms with van der Waals surface area (Å²) < 4.78 is 0. The summed E-state index contributed by atoms with van der Waals surface area (Å²) in [7, 11) is 0. The lowest BCUT2D eigenvalue weighted by Crippen LogP contribution is -2.46. The molecule has 0 radical (unpaired) electrons. The van der Waals surface area contributed by atoms with Crippen LogP contribution in [-0.4, -0.2) is 61.5 Å². The summed E-state index contributed by atoms with van der Waals surface area (Å²) in [5.41, 5.74) is 3.89. The van der Waals surface area contributed by atoms with Crippen molar-refractivity contribution in [3.8, 4) is 0 Å². The van der Waals surface area contributed by atoms with Crippen molar-refractivity contribution in [2.24, 2.45) is 0 Å². The molecule has 1 amide bonds. The summed E-state index contributed by atoms with van der Waals surface area (Å²) in [5, 5.41) is 14.3. The van der Waals surface area contributed by atoms with E-state index in [2.05, 4.69) is 33.0 Å². The van der Waals surface area contributed by atoms with Gasteiger partial charge in [0.1, 0.15) is 0 Å². The largest absolute Gasteiger partial charge is 0.371 e. The van der Waals surface area contributed by atoms with E-state index >= 15 is 0 Å². The fraction of sp³-hybridized carbons (Fsp3) is 0.458. The third-order valence-corrected chi connectivity index (χ3v) is 6.53. The number of nitrogens with zero attached hydrogens (tertiary/aromatic N) is 4. The highest BCUT2D eigenvalue weighted by Crippen LogP contribution is 2.30. The second kappa shape index (κ2) is 9.56. The molecule has 2 fully saturated rings. The molecule has 0 spiro atoms. The molecule has 2 aliphatic rings. The minimum Gasteiger partial charge on any atom is -0.371 e. The number of piperazine rings is 1. The van der Waals surface area contributed by atoms with Gasteiger partial charge in [0.05, 0.1) is 16.2 Å². The molecule has 0 aliphatic carbocycles. The molecule has 1 N–H and O–H groups in total. The van der Waals surface area contributed by atoms with Gasteiger partial charge in [-0.05, 0) is 56.1 Å². The zero-order valence-electron chi connectivity index (χ0n) is 18.8. The number of amides is 1. The number of hydrogen-bond donors (Lipinski definition) is 1. The van der Waals surface area contributed by atoms with Gasteiger partial charge in [0.25, 0.3) is 11.6 Å². The predicted octanol–water partition coefficient (Wildman–Crippen LogP) is 3.90. The molecule has 2 saturated heterocycles. The maximum absolute atomic E-state index is 13.2. The maximum Gasteiger partial charge on any atom is 0.270 e. The van der Waals surface area contributed by atoms with Gasteiger partial charge < -0.3 is 20.0 Å². The van der Waals surface area contributed by atoms with Gasteiger partial charge in [0, 0.05) is 62.8 Å². The van der Waals surface area contributed by atoms with Crippen LogP contribution in [0, 0.1) is 17.0 Å². The predicted molar refractivity (Wildman–Crippen MR) is 128 cm³/mol. The Bertz CT molecular complexity index is 995. The summed E-state index contributed by atoms with van der Waals surface area (Å²) in [6.07, 6.45) is 2.12. The Kier molecular flexibility index (Phi) is 6.60. The van der Waals surface area contributed by atoms with Crippen LogP contribution < -0.4 is 15.1 Å². The van der Waals surface area contributed by atoms with Crippen LogP contribution in [0.15, 0.2) is 36.4 Å². The number of carbonyl (C=O) groups excluding carboxylic acids is 1. The van der Waals surface area contributed by atoms with Crippen LogP contribution in [0.4, 0.5) is 22.7 Å². The maximum atomic E-state index is 13.2. The van der Waals surface area contributed by atoms with E-state index in [9.17, 15) is 14.9 Å². The number of nitro benzene ring substituents is 1. The number of likely N-dealkylation sites (N-methyl/N-ethyl adjacent to an activating group) is 1. The Balaban J connectivity index is 1.53. The standard InChI is InChI=1S/C24H31N5O3/c1-3-26-12-14-27(15-13-26)19-6-8-22(18(2)16-19)25-24(30)21-17-20(29(31)32)7-9-23(21)28-10-4-5-11-28/h6-9,16-17H,3-5,10-15H2,1-2H3,(H,25,30). The third kappa shape index (κ3) is 4.70. The molecule has 170 valence electrons. The van der Waals surface area contributed by atoms with Gasteiger partial charge in [-0.3, -0.25) is 14.9 Å². The molecule has 8 nitrogen and oxygen atoms in total. The van der Waals surface area contributed by atoms with Gasteiger partial charge >= 0.3 is 0 Å². The van der Waals surface area contributed by atoms with E-state index in [1.807, 2.05) is 19.1 Å². The van der Waals surface area contributed by atoms with Crippen molar-refractivity contribution in [1.29, 1.82) is 0 Å². The average molecular weight is 438 g/mol. The van der Waals surface area contributed by atoms with Crippen molar-refractivity contribution >= 4 is 28.7 Å². The van der Waals surface area contributed by atoms with Gasteiger partial charge in [0.2, 0.25) is 0 Å². The molecular weight excluding hydrogens is 406 g/mol. The fourth-order valence-electron chi connectivity index (χ4n) is 4.55. The van der Waals surface area contributed by atoms with Crippen molar-refractivity contribution < 1.29 is 9.72 Å². The van der Waals surface area contributed by atoms with Gasteiger partial charge in [-0.2, -0.15) is 0 Å². The van der Waals surface area contributed by atoms with Crippen molar-refractivity contribution in [1.82, 2.24) is 4.90 Å². The van der Waals surface area contributed by atoms with Crippen LogP contribution in [0.25, 0.3) is 0 Å². The monoisotopic (exact) mass is 437 g/mol. The summed E-state index contributed by atoms with van der Waals surface area (Å²) in [5.74, 6) is -0.317. The topological polar surface area (TPSA) is 82.0 Å². The zero-order chi connectivity index (χ0) is 22.7. The first kappa shape index (κ1) is 22.1. The Morgan fingerprint density at radius 1 is 1.00 bits per heavy atom. The highest BCUT2D eigenvalue weighted by Gasteiger charge is 2.23. The van der Waals surface area contributed by atoms with Crippen LogP contribution in [0.3, 0.4) is 0 Å². The van der Waals surface area contributed by atoms with Gasteiger partial charge in [-0.1, -0.05) is 6.92 Å². The van der Waals surface area contributed by atoms with E-state index < -0.39 is 4.92 Å². The lowest BCUT2D eigenvalue weighted by Gasteiger charge is -2.35. The number of nitrogens with one attached hydrogen (secondary N) is 1. The molecule has 2 heterocycles. The summed E-state index contributed by atoms with van der Waals surface area (Å²) in [4.78, 5) is 31.0. The molecule has 0 atom stereocenters. The van der Waals surface area contributed by atoms with Crippen LogP contribution in [0.5, 0.6) is 0 Å². The first-order chi connectivity index (χ1) is 15.5. The number of nitro groups is 1. The van der Waals surface area contributed by atoms with Gasteiger partial charge in [0.15, 0.2) is 0 Å². The van der Waals surface area contributed by atoms with E-state index in [1.54, 1.807) is 6.07 Å². The van der Waals surface area contributed by atoms with E-state index in [-0.39, 0.29) is 11.6 Å². The Labute approximate surface area is 189 Å². The third-order valence-electron chi connectivity index (χ3n) is 6.53. The number of aryl methyl sites for hydroxylation is 1. The van der Waals surface area contributed by atoms with Crippen LogP contribution in [-0.2, 0) is 0 Å². The average Bonchev–Trinajstić information content (AvgIpc) is 3.35. The molecule has 32 heavy (non-hydrogen) atoms. The molecule has 2 aromatic rings. The molecule has 0 saturated carbocycles. The van der Waals surface area contributed by atoms with Crippen LogP contribution in [0.1, 0.15) is 35.7 Å². The normalized spacial score (nSPS) is 16.9. The Hall–Kier alpha value is -3.13. The van der Waals surface area contributed by atoms with Crippen molar-refractivity contribution in [2.75, 3.05) is 60.9 Å². The molecular formula is C24H31N5O3. The molecule has 0 bridgehead atoms. The van der Waals surface area contributed by atoms with E-state index in [0.717, 1.165) is 81.3 Å². The number of carbonyl (C=O) groups is 1. The molecule has 2 aliphatic heterocycles. The van der Waals surface area contributed by atoms with Crippen molar-refractivity contribution in [3.05, 3.63) is 57.6 Å². The van der Waals surface area contributed by atoms with Gasteiger partial charge in [-0.25, -0.2) is 0 Å². The quantitative estimate of drug-likeness (QED) is 0.545. The summed E-state index contributed by atoms with van der Waals surface area (Å²) >= 11 is 0. The lowest BCUT2D eigenvalue weighted by atomic mass is 10.1. The first-order valence-electron chi connectivity index (χ1n) is 11.4. The Morgan fingerprint density at radius 3 is 2.34 bits per heavy atom. The second-order valence-corrected chi connectivity index (χ2v) is 8.53. The highest BCUT2D eigenvalue weighted by molar-refractivity contribution is 6.09. The number of anilines is 3. The summed E-state index contributed by atoms with van der Waals surface area (Å²) in [6, 6.07) is 10.6. The van der Waals surface area contributed by atoms with Crippen LogP contribution >= 0.6 is 0 Å². The first-order valence-corrected chi connectivity index (χ1v) is 11.4. The van der Waals surface area contributed by atoms with Crippen LogP contribution in [0.2, 0.25) is 0 Å². The molecule has 2 aromatic carbocycles. The number of rotatable bonds is 6. The number of benzene rings is 2. The van der Waals surface area contributed by atoms with Crippen molar-refractivity contribution in [3.63, 3.8) is 0 Å². The molecule has 0 unspecified atom stereocenters. The lowest BCUT2D eigenvalue weighted by molar-refractivity contribution is -0.384. The smallest absolute Gasteiger partial charge is 0.270 e. The summed E-state index contributed by atoms with van der Waals surface area (Å²) in [6.45, 7) is 11.1. The van der Waals surface area contributed by atoms with E-state index in [4.69, 9.17) is 0 Å². The number of non-ortho nitro benzene ring substituents is 1. The minimum absolute atomic E-state index is 0.0728. The fourth-order valence-corrected chi connectivity index (χ4v) is 4.55. The second-order valence-electron chi connectivity index (χ2n) is 8.53. The van der Waals surface area contributed by atoms with E-state index in [0.29, 0.717) is 5.56 Å². The van der Waals surface area contributed by atoms with E-state index in [1.165, 1.54) is 12.1 Å². The molecule has 8 heteroatoms.